The molecule has 6 heteroatoms. The number of urea groups is 1. The van der Waals surface area contributed by atoms with Gasteiger partial charge in [-0.05, 0) is 25.8 Å². The first-order chi connectivity index (χ1) is 10.3. The Morgan fingerprint density at radius 3 is 2.23 bits per heavy atom. The van der Waals surface area contributed by atoms with E-state index in [-0.39, 0.29) is 24.6 Å². The quantitative estimate of drug-likeness (QED) is 0.643. The monoisotopic (exact) mass is 314 g/mol. The second kappa shape index (κ2) is 9.33. The summed E-state index contributed by atoms with van der Waals surface area (Å²) < 4.78 is 0. The van der Waals surface area contributed by atoms with Crippen LogP contribution in [0.5, 0.6) is 0 Å². The van der Waals surface area contributed by atoms with Gasteiger partial charge in [0.25, 0.3) is 0 Å². The topological polar surface area (TPSA) is 67.8 Å². The lowest BCUT2D eigenvalue weighted by Crippen LogP contribution is -2.55. The number of rotatable bonds is 7. The number of nitrogens with zero attached hydrogens (tertiary/aromatic N) is 2. The van der Waals surface area contributed by atoms with Crippen LogP contribution in [0.3, 0.4) is 0 Å². The molecule has 1 aliphatic rings. The molecule has 0 aromatic heterocycles. The van der Waals surface area contributed by atoms with Gasteiger partial charge in [-0.25, -0.2) is 4.79 Å². The molecular weight excluding hydrogens is 280 g/mol. The van der Waals surface area contributed by atoms with Crippen molar-refractivity contribution in [3.63, 3.8) is 0 Å². The SMILES string of the molecule is CC(C)C(CNC(=O)NC(C)C(C)CO)N1CCN(C)CC1. The molecule has 6 nitrogen and oxygen atoms in total. The van der Waals surface area contributed by atoms with E-state index in [4.69, 9.17) is 5.11 Å². The van der Waals surface area contributed by atoms with Crippen molar-refractivity contribution in [3.8, 4) is 0 Å². The molecule has 130 valence electrons. The van der Waals surface area contributed by atoms with E-state index in [2.05, 4.69) is 41.3 Å². The van der Waals surface area contributed by atoms with Gasteiger partial charge in [0.2, 0.25) is 0 Å². The minimum atomic E-state index is -0.146. The lowest BCUT2D eigenvalue weighted by Gasteiger charge is -2.40. The van der Waals surface area contributed by atoms with E-state index in [0.29, 0.717) is 18.5 Å². The first-order valence-corrected chi connectivity index (χ1v) is 8.43. The zero-order valence-corrected chi connectivity index (χ0v) is 14.8. The number of amides is 2. The van der Waals surface area contributed by atoms with Gasteiger partial charge in [-0.3, -0.25) is 4.90 Å². The summed E-state index contributed by atoms with van der Waals surface area (Å²) in [5, 5.41) is 15.0. The molecule has 1 fully saturated rings. The van der Waals surface area contributed by atoms with E-state index in [1.165, 1.54) is 0 Å². The van der Waals surface area contributed by atoms with Crippen molar-refractivity contribution in [2.45, 2.75) is 39.8 Å². The highest BCUT2D eigenvalue weighted by atomic mass is 16.3. The zero-order valence-electron chi connectivity index (χ0n) is 14.8. The highest BCUT2D eigenvalue weighted by Gasteiger charge is 2.25. The number of hydrogen-bond acceptors (Lipinski definition) is 4. The first-order valence-electron chi connectivity index (χ1n) is 8.43. The summed E-state index contributed by atoms with van der Waals surface area (Å²) in [6.07, 6.45) is 0. The van der Waals surface area contributed by atoms with E-state index in [9.17, 15) is 4.79 Å². The molecule has 3 atom stereocenters. The number of piperazine rings is 1. The third-order valence-corrected chi connectivity index (χ3v) is 4.75. The number of carbonyl (C=O) groups excluding carboxylic acids is 1. The molecule has 22 heavy (non-hydrogen) atoms. The van der Waals surface area contributed by atoms with E-state index < -0.39 is 0 Å². The smallest absolute Gasteiger partial charge is 0.315 e. The van der Waals surface area contributed by atoms with Crippen LogP contribution in [-0.4, -0.2) is 79.4 Å². The van der Waals surface area contributed by atoms with Crippen LogP contribution in [0.2, 0.25) is 0 Å². The van der Waals surface area contributed by atoms with Gasteiger partial charge in [0, 0.05) is 51.4 Å². The fraction of sp³-hybridized carbons (Fsp3) is 0.938. The van der Waals surface area contributed by atoms with Crippen molar-refractivity contribution in [3.05, 3.63) is 0 Å². The van der Waals surface area contributed by atoms with Crippen molar-refractivity contribution in [1.82, 2.24) is 20.4 Å². The molecular formula is C16H34N4O2. The fourth-order valence-electron chi connectivity index (χ4n) is 2.70. The lowest BCUT2D eigenvalue weighted by molar-refractivity contribution is 0.0885. The highest BCUT2D eigenvalue weighted by molar-refractivity contribution is 5.74. The van der Waals surface area contributed by atoms with Gasteiger partial charge < -0.3 is 20.6 Å². The Hall–Kier alpha value is -0.850. The minimum absolute atomic E-state index is 0.0360. The van der Waals surface area contributed by atoms with Gasteiger partial charge in [0.15, 0.2) is 0 Å². The maximum absolute atomic E-state index is 12.0. The number of aliphatic hydroxyl groups is 1. The largest absolute Gasteiger partial charge is 0.396 e. The molecule has 3 N–H and O–H groups in total. The van der Waals surface area contributed by atoms with Gasteiger partial charge in [-0.15, -0.1) is 0 Å². The summed E-state index contributed by atoms with van der Waals surface area (Å²) in [7, 11) is 2.15. The van der Waals surface area contributed by atoms with Crippen molar-refractivity contribution < 1.29 is 9.90 Å². The highest BCUT2D eigenvalue weighted by Crippen LogP contribution is 2.12. The van der Waals surface area contributed by atoms with E-state index in [1.54, 1.807) is 0 Å². The number of nitrogens with one attached hydrogen (secondary N) is 2. The lowest BCUT2D eigenvalue weighted by atomic mass is 10.0. The average molecular weight is 314 g/mol. The van der Waals surface area contributed by atoms with Crippen LogP contribution >= 0.6 is 0 Å². The van der Waals surface area contributed by atoms with Crippen LogP contribution in [0.1, 0.15) is 27.7 Å². The number of carbonyl (C=O) groups is 1. The Balaban J connectivity index is 2.42. The van der Waals surface area contributed by atoms with Gasteiger partial charge in [0.1, 0.15) is 0 Å². The van der Waals surface area contributed by atoms with Crippen LogP contribution in [-0.2, 0) is 0 Å². The van der Waals surface area contributed by atoms with Crippen LogP contribution in [0.15, 0.2) is 0 Å². The summed E-state index contributed by atoms with van der Waals surface area (Å²) in [5.41, 5.74) is 0. The van der Waals surface area contributed by atoms with Crippen molar-refractivity contribution in [2.24, 2.45) is 11.8 Å². The fourth-order valence-corrected chi connectivity index (χ4v) is 2.70. The van der Waals surface area contributed by atoms with Crippen molar-refractivity contribution >= 4 is 6.03 Å². The summed E-state index contributed by atoms with van der Waals surface area (Å²) in [6, 6.07) is 0.184. The average Bonchev–Trinajstić information content (AvgIpc) is 2.47. The maximum atomic E-state index is 12.0. The molecule has 0 aromatic carbocycles. The van der Waals surface area contributed by atoms with Gasteiger partial charge in [-0.1, -0.05) is 20.8 Å². The molecule has 1 heterocycles. The van der Waals surface area contributed by atoms with Gasteiger partial charge >= 0.3 is 6.03 Å². The van der Waals surface area contributed by atoms with Gasteiger partial charge in [-0.2, -0.15) is 0 Å². The molecule has 0 spiro atoms. The maximum Gasteiger partial charge on any atom is 0.315 e. The molecule has 1 aliphatic heterocycles. The first kappa shape index (κ1) is 19.2. The molecule has 0 saturated carbocycles. The Kier molecular flexibility index (Phi) is 8.14. The number of likely N-dealkylation sites (N-methyl/N-ethyl adjacent to an activating group) is 1. The third kappa shape index (κ3) is 6.10. The van der Waals surface area contributed by atoms with Crippen LogP contribution < -0.4 is 10.6 Å². The Morgan fingerprint density at radius 1 is 1.14 bits per heavy atom. The summed E-state index contributed by atoms with van der Waals surface area (Å²) in [5.74, 6) is 0.557. The van der Waals surface area contributed by atoms with Gasteiger partial charge in [0.05, 0.1) is 0 Å². The molecule has 3 unspecified atom stereocenters. The molecule has 0 radical (unpaired) electrons. The number of hydrogen-bond donors (Lipinski definition) is 3. The zero-order chi connectivity index (χ0) is 16.7. The van der Waals surface area contributed by atoms with Crippen LogP contribution in [0, 0.1) is 11.8 Å². The Morgan fingerprint density at radius 2 is 1.73 bits per heavy atom. The molecule has 0 aliphatic carbocycles. The molecule has 0 bridgehead atoms. The predicted octanol–water partition coefficient (Wildman–Crippen LogP) is 0.575. The predicted molar refractivity (Wildman–Crippen MR) is 89.9 cm³/mol. The van der Waals surface area contributed by atoms with E-state index in [1.807, 2.05) is 13.8 Å². The Bertz CT molecular complexity index is 330. The molecule has 0 aromatic rings. The van der Waals surface area contributed by atoms with Crippen molar-refractivity contribution in [2.75, 3.05) is 46.4 Å². The third-order valence-electron chi connectivity index (χ3n) is 4.75. The van der Waals surface area contributed by atoms with Crippen LogP contribution in [0.4, 0.5) is 4.79 Å². The van der Waals surface area contributed by atoms with Crippen LogP contribution in [0.25, 0.3) is 0 Å². The summed E-state index contributed by atoms with van der Waals surface area (Å²) in [4.78, 5) is 16.8. The van der Waals surface area contributed by atoms with E-state index >= 15 is 0 Å². The second-order valence-corrected chi connectivity index (χ2v) is 6.95. The van der Waals surface area contributed by atoms with Crippen molar-refractivity contribution in [1.29, 1.82) is 0 Å². The standard InChI is InChI=1S/C16H34N4O2/c1-12(2)15(20-8-6-19(5)7-9-20)10-17-16(22)18-14(4)13(3)11-21/h12-15,21H,6-11H2,1-5H3,(H2,17,18,22). The number of aliphatic hydroxyl groups excluding tert-OH is 1. The second-order valence-electron chi connectivity index (χ2n) is 6.95. The van der Waals surface area contributed by atoms with E-state index in [0.717, 1.165) is 26.2 Å². The normalized spacial score (nSPS) is 21.4. The summed E-state index contributed by atoms with van der Waals surface area (Å²) >= 11 is 0. The molecule has 1 rings (SSSR count). The molecule has 1 saturated heterocycles. The Labute approximate surface area is 135 Å². The minimum Gasteiger partial charge on any atom is -0.396 e. The summed E-state index contributed by atoms with van der Waals surface area (Å²) in [6.45, 7) is 13.3. The molecule has 2 amide bonds.